The molecular formula is C40H56N5O8+. The normalized spacial score (nSPS) is 17.5. The number of aliphatic hydroxyl groups is 1. The van der Waals surface area contributed by atoms with E-state index in [9.17, 15) is 19.5 Å². The lowest BCUT2D eigenvalue weighted by Crippen LogP contribution is -2.56. The number of carbonyl (C=O) groups is 3. The summed E-state index contributed by atoms with van der Waals surface area (Å²) in [4.78, 5) is 47.6. The van der Waals surface area contributed by atoms with E-state index in [4.69, 9.17) is 23.6 Å². The lowest BCUT2D eigenvalue weighted by Gasteiger charge is -2.34. The minimum Gasteiger partial charge on any atom is -0.444 e. The maximum absolute atomic E-state index is 14.2. The molecular weight excluding hydrogens is 678 g/mol. The van der Waals surface area contributed by atoms with Gasteiger partial charge in [-0.3, -0.25) is 0 Å². The van der Waals surface area contributed by atoms with Crippen LogP contribution in [0.5, 0.6) is 0 Å². The van der Waals surface area contributed by atoms with Gasteiger partial charge in [-0.25, -0.2) is 9.79 Å². The average Bonchev–Trinajstić information content (AvgIpc) is 3.51. The summed E-state index contributed by atoms with van der Waals surface area (Å²) in [6.07, 6.45) is 3.72. The number of aliphatic imine (C=N–C) groups is 1. The van der Waals surface area contributed by atoms with Crippen LogP contribution in [0.2, 0.25) is 0 Å². The first-order valence-electron chi connectivity index (χ1n) is 18.0. The number of amides is 3. The number of benzene rings is 1. The monoisotopic (exact) mass is 734 g/mol. The fourth-order valence-corrected chi connectivity index (χ4v) is 5.65. The summed E-state index contributed by atoms with van der Waals surface area (Å²) in [5.41, 5.74) is 1.95. The molecule has 2 aliphatic rings. The van der Waals surface area contributed by atoms with Crippen LogP contribution >= 0.6 is 0 Å². The number of carbonyl (C=O) groups excluding carboxylic acids is 3. The second kappa shape index (κ2) is 15.8. The lowest BCUT2D eigenvalue weighted by atomic mass is 9.92. The molecule has 13 heteroatoms. The molecule has 3 amide bonds. The van der Waals surface area contributed by atoms with Gasteiger partial charge in [-0.1, -0.05) is 28.3 Å². The van der Waals surface area contributed by atoms with Crippen molar-refractivity contribution in [3.63, 3.8) is 0 Å². The van der Waals surface area contributed by atoms with Crippen LogP contribution in [0.15, 0.2) is 62.7 Å². The van der Waals surface area contributed by atoms with Crippen LogP contribution in [-0.4, -0.2) is 85.7 Å². The first-order valence-corrected chi connectivity index (χ1v) is 18.0. The van der Waals surface area contributed by atoms with Gasteiger partial charge in [0.1, 0.15) is 16.8 Å². The zero-order valence-electron chi connectivity index (χ0n) is 33.3. The lowest BCUT2D eigenvalue weighted by molar-refractivity contribution is -0.727. The first kappa shape index (κ1) is 41.1. The van der Waals surface area contributed by atoms with Crippen LogP contribution in [0.25, 0.3) is 17.2 Å². The maximum Gasteiger partial charge on any atom is 0.532 e. The highest BCUT2D eigenvalue weighted by Gasteiger charge is 2.53. The SMILES string of the molecule is CC1=CC(C2=CCC(O)CC2)=NC(c2nnc(-c3ccc(CN(C)C(=O)OC(C)(C)C)cc3)o2)=C([N+](C)(C(=O)OC(C)(C)C)C(=O)OC(C)(C)C)CC1. The Hall–Kier alpha value is -4.62. The maximum atomic E-state index is 14.2. The number of quaternary nitrogens is 1. The van der Waals surface area contributed by atoms with Gasteiger partial charge >= 0.3 is 18.3 Å². The van der Waals surface area contributed by atoms with Crippen LogP contribution < -0.4 is 0 Å². The van der Waals surface area contributed by atoms with Crippen molar-refractivity contribution in [2.75, 3.05) is 14.1 Å². The Kier molecular flexibility index (Phi) is 12.2. The second-order valence-electron chi connectivity index (χ2n) is 16.9. The van der Waals surface area contributed by atoms with Gasteiger partial charge in [0, 0.05) is 25.6 Å². The quantitative estimate of drug-likeness (QED) is 0.225. The molecule has 13 nitrogen and oxygen atoms in total. The highest BCUT2D eigenvalue weighted by molar-refractivity contribution is 6.11. The number of aliphatic hydroxyl groups excluding tert-OH is 1. The highest BCUT2D eigenvalue weighted by Crippen LogP contribution is 2.38. The van der Waals surface area contributed by atoms with E-state index in [2.05, 4.69) is 10.2 Å². The smallest absolute Gasteiger partial charge is 0.444 e. The summed E-state index contributed by atoms with van der Waals surface area (Å²) in [7, 11) is 3.12. The van der Waals surface area contributed by atoms with E-state index in [-0.39, 0.29) is 29.6 Å². The van der Waals surface area contributed by atoms with Gasteiger partial charge < -0.3 is 28.6 Å². The van der Waals surface area contributed by atoms with Crippen molar-refractivity contribution in [2.24, 2.45) is 4.99 Å². The molecule has 0 saturated heterocycles. The average molecular weight is 735 g/mol. The summed E-state index contributed by atoms with van der Waals surface area (Å²) in [5, 5.41) is 19.0. The van der Waals surface area contributed by atoms with E-state index >= 15 is 0 Å². The van der Waals surface area contributed by atoms with E-state index in [1.165, 1.54) is 11.9 Å². The third-order valence-electron chi connectivity index (χ3n) is 8.37. The van der Waals surface area contributed by atoms with Crippen molar-refractivity contribution in [3.05, 3.63) is 64.7 Å². The Bertz CT molecular complexity index is 1790. The fourth-order valence-electron chi connectivity index (χ4n) is 5.65. The molecule has 4 rings (SSSR count). The molecule has 0 bridgehead atoms. The van der Waals surface area contributed by atoms with E-state index in [1.807, 2.05) is 64.1 Å². The molecule has 1 aliphatic heterocycles. The van der Waals surface area contributed by atoms with Crippen LogP contribution in [0.3, 0.4) is 0 Å². The minimum absolute atomic E-state index is 0.00194. The molecule has 2 aromatic rings. The van der Waals surface area contributed by atoms with Gasteiger partial charge in [0.15, 0.2) is 11.4 Å². The van der Waals surface area contributed by atoms with Crippen molar-refractivity contribution in [1.29, 1.82) is 0 Å². The number of rotatable bonds is 6. The summed E-state index contributed by atoms with van der Waals surface area (Å²) < 4.78 is 22.5. The van der Waals surface area contributed by atoms with Crippen molar-refractivity contribution >= 4 is 29.7 Å². The summed E-state index contributed by atoms with van der Waals surface area (Å²) in [6, 6.07) is 7.33. The summed E-state index contributed by atoms with van der Waals surface area (Å²) >= 11 is 0. The van der Waals surface area contributed by atoms with E-state index in [0.29, 0.717) is 43.5 Å². The van der Waals surface area contributed by atoms with Crippen molar-refractivity contribution < 1.29 is 42.6 Å². The van der Waals surface area contributed by atoms with Gasteiger partial charge in [0.05, 0.1) is 18.9 Å². The van der Waals surface area contributed by atoms with Crippen LogP contribution in [0.1, 0.15) is 113 Å². The third kappa shape index (κ3) is 11.0. The fraction of sp³-hybridized carbons (Fsp3) is 0.550. The number of allylic oxidation sites excluding steroid dienone is 4. The first-order chi connectivity index (χ1) is 24.4. The molecule has 1 N–H and O–H groups in total. The molecule has 2 heterocycles. The number of hydrogen-bond acceptors (Lipinski definition) is 11. The molecule has 0 radical (unpaired) electrons. The topological polar surface area (TPSA) is 154 Å². The number of nitrogens with zero attached hydrogens (tertiary/aromatic N) is 5. The molecule has 1 aliphatic carbocycles. The number of hydrogen-bond donors (Lipinski definition) is 1. The summed E-state index contributed by atoms with van der Waals surface area (Å²) in [5.74, 6) is 0.190. The molecule has 1 unspecified atom stereocenters. The standard InChI is InChI=1S/C40H56N5O8/c1-25-13-22-31(45(12,36(48)52-39(5,6)7)37(49)53-40(8,9)10)32(41-30(23-25)27-18-20-29(46)21-19-27)34-43-42-33(50-34)28-16-14-26(15-17-28)24-44(11)35(47)51-38(2,3)4/h14-18,23,29,46H,13,19-22,24H2,1-12H3/q+1. The molecule has 0 saturated carbocycles. The van der Waals surface area contributed by atoms with E-state index < -0.39 is 45.7 Å². The predicted octanol–water partition coefficient (Wildman–Crippen LogP) is 8.74. The largest absolute Gasteiger partial charge is 0.532 e. The number of ether oxygens (including phenoxy) is 3. The van der Waals surface area contributed by atoms with Gasteiger partial charge in [-0.15, -0.1) is 10.2 Å². The zero-order valence-corrected chi connectivity index (χ0v) is 33.3. The molecule has 1 atom stereocenters. The van der Waals surface area contributed by atoms with Crippen LogP contribution in [0, 0.1) is 0 Å². The molecule has 0 spiro atoms. The number of aromatic nitrogens is 2. The Labute approximate surface area is 313 Å². The van der Waals surface area contributed by atoms with Crippen molar-refractivity contribution in [1.82, 2.24) is 15.1 Å². The Balaban J connectivity index is 1.87. The minimum atomic E-state index is -0.997. The molecule has 0 fully saturated rings. The van der Waals surface area contributed by atoms with Gasteiger partial charge in [0.25, 0.3) is 5.89 Å². The van der Waals surface area contributed by atoms with Crippen molar-refractivity contribution in [2.45, 2.75) is 131 Å². The van der Waals surface area contributed by atoms with E-state index in [0.717, 1.165) is 16.7 Å². The predicted molar refractivity (Wildman–Crippen MR) is 201 cm³/mol. The van der Waals surface area contributed by atoms with Crippen molar-refractivity contribution in [3.8, 4) is 11.5 Å². The van der Waals surface area contributed by atoms with Crippen LogP contribution in [0.4, 0.5) is 14.4 Å². The Morgan fingerprint density at radius 2 is 1.43 bits per heavy atom. The third-order valence-corrected chi connectivity index (χ3v) is 8.37. The molecule has 1 aromatic heterocycles. The molecule has 1 aromatic carbocycles. The molecule has 288 valence electrons. The van der Waals surface area contributed by atoms with Gasteiger partial charge in [0.2, 0.25) is 5.89 Å². The van der Waals surface area contributed by atoms with Gasteiger partial charge in [-0.05, 0) is 124 Å². The highest BCUT2D eigenvalue weighted by atomic mass is 16.6. The number of imide groups is 1. The van der Waals surface area contributed by atoms with Gasteiger partial charge in [-0.2, -0.15) is 9.59 Å². The Morgan fingerprint density at radius 3 is 1.96 bits per heavy atom. The summed E-state index contributed by atoms with van der Waals surface area (Å²) in [6.45, 7) is 18.1. The van der Waals surface area contributed by atoms with Crippen LogP contribution in [-0.2, 0) is 20.8 Å². The van der Waals surface area contributed by atoms with E-state index in [1.54, 1.807) is 48.6 Å². The Morgan fingerprint density at radius 1 is 0.868 bits per heavy atom. The second-order valence-corrected chi connectivity index (χ2v) is 16.9. The molecule has 53 heavy (non-hydrogen) atoms. The zero-order chi connectivity index (χ0) is 39.5.